The van der Waals surface area contributed by atoms with Crippen LogP contribution < -0.4 is 0 Å². The summed E-state index contributed by atoms with van der Waals surface area (Å²) in [6, 6.07) is 0. The van der Waals surface area contributed by atoms with Crippen molar-refractivity contribution in [1.82, 2.24) is 0 Å². The third-order valence-electron chi connectivity index (χ3n) is 1.57. The SMILES string of the molecule is CC/C=C(/COC=O)C(=O)OCC(C)C. The lowest BCUT2D eigenvalue weighted by Gasteiger charge is -2.09. The van der Waals surface area contributed by atoms with E-state index >= 15 is 0 Å². The summed E-state index contributed by atoms with van der Waals surface area (Å²) in [6.07, 6.45) is 2.40. The highest BCUT2D eigenvalue weighted by atomic mass is 16.5. The van der Waals surface area contributed by atoms with E-state index in [1.54, 1.807) is 6.08 Å². The number of hydrogen-bond donors (Lipinski definition) is 0. The smallest absolute Gasteiger partial charge is 0.337 e. The fourth-order valence-electron chi connectivity index (χ4n) is 0.906. The van der Waals surface area contributed by atoms with Crippen molar-refractivity contribution in [2.24, 2.45) is 5.92 Å². The summed E-state index contributed by atoms with van der Waals surface area (Å²) in [5, 5.41) is 0. The molecule has 0 atom stereocenters. The van der Waals surface area contributed by atoms with Crippen LogP contribution in [0.4, 0.5) is 0 Å². The van der Waals surface area contributed by atoms with Gasteiger partial charge in [0.15, 0.2) is 0 Å². The highest BCUT2D eigenvalue weighted by Gasteiger charge is 2.11. The average Bonchev–Trinajstić information content (AvgIpc) is 2.20. The number of carbonyl (C=O) groups is 2. The predicted octanol–water partition coefficient (Wildman–Crippen LogP) is 1.70. The predicted molar refractivity (Wildman–Crippen MR) is 56.2 cm³/mol. The van der Waals surface area contributed by atoms with Crippen LogP contribution in [0.5, 0.6) is 0 Å². The molecular formula is C11H18O4. The van der Waals surface area contributed by atoms with E-state index in [2.05, 4.69) is 4.74 Å². The van der Waals surface area contributed by atoms with Crippen molar-refractivity contribution in [1.29, 1.82) is 0 Å². The lowest BCUT2D eigenvalue weighted by molar-refractivity contribution is -0.141. The number of ether oxygens (including phenoxy) is 2. The summed E-state index contributed by atoms with van der Waals surface area (Å²) < 4.78 is 9.54. The molecule has 0 saturated heterocycles. The molecular weight excluding hydrogens is 196 g/mol. The topological polar surface area (TPSA) is 52.6 Å². The highest BCUT2D eigenvalue weighted by Crippen LogP contribution is 2.03. The molecule has 0 aromatic rings. The van der Waals surface area contributed by atoms with Gasteiger partial charge in [-0.3, -0.25) is 4.79 Å². The Morgan fingerprint density at radius 2 is 2.07 bits per heavy atom. The lowest BCUT2D eigenvalue weighted by Crippen LogP contribution is -2.15. The summed E-state index contributed by atoms with van der Waals surface area (Å²) in [6.45, 7) is 6.49. The Morgan fingerprint density at radius 1 is 1.40 bits per heavy atom. The third kappa shape index (κ3) is 6.71. The Labute approximate surface area is 90.2 Å². The van der Waals surface area contributed by atoms with Crippen LogP contribution in [0, 0.1) is 5.92 Å². The third-order valence-corrected chi connectivity index (χ3v) is 1.57. The van der Waals surface area contributed by atoms with E-state index in [0.717, 1.165) is 0 Å². The molecule has 0 aliphatic carbocycles. The van der Waals surface area contributed by atoms with Gasteiger partial charge in [-0.05, 0) is 12.3 Å². The van der Waals surface area contributed by atoms with Crippen molar-refractivity contribution in [3.8, 4) is 0 Å². The molecule has 0 spiro atoms. The summed E-state index contributed by atoms with van der Waals surface area (Å²) >= 11 is 0. The average molecular weight is 214 g/mol. The standard InChI is InChI=1S/C11H18O4/c1-4-5-10(7-14-8-12)11(13)15-6-9(2)3/h5,8-9H,4,6-7H2,1-3H3/b10-5-. The zero-order chi connectivity index (χ0) is 11.7. The van der Waals surface area contributed by atoms with Crippen molar-refractivity contribution < 1.29 is 19.1 Å². The van der Waals surface area contributed by atoms with Gasteiger partial charge in [-0.2, -0.15) is 0 Å². The van der Waals surface area contributed by atoms with Crippen LogP contribution >= 0.6 is 0 Å². The number of hydrogen-bond acceptors (Lipinski definition) is 4. The van der Waals surface area contributed by atoms with Gasteiger partial charge in [-0.15, -0.1) is 0 Å². The number of rotatable bonds is 7. The van der Waals surface area contributed by atoms with Crippen LogP contribution in [0.15, 0.2) is 11.6 Å². The van der Waals surface area contributed by atoms with Gasteiger partial charge >= 0.3 is 5.97 Å². The van der Waals surface area contributed by atoms with E-state index in [-0.39, 0.29) is 6.61 Å². The fraction of sp³-hybridized carbons (Fsp3) is 0.636. The lowest BCUT2D eigenvalue weighted by atomic mass is 10.2. The van der Waals surface area contributed by atoms with Crippen LogP contribution in [-0.4, -0.2) is 25.7 Å². The minimum absolute atomic E-state index is 0.0196. The van der Waals surface area contributed by atoms with Crippen LogP contribution in [0.2, 0.25) is 0 Å². The molecule has 0 aliphatic rings. The van der Waals surface area contributed by atoms with E-state index in [1.807, 2.05) is 20.8 Å². The Hall–Kier alpha value is -1.32. The summed E-state index contributed by atoms with van der Waals surface area (Å²) in [5.41, 5.74) is 0.394. The van der Waals surface area contributed by atoms with Crippen LogP contribution in [0.1, 0.15) is 27.2 Å². The van der Waals surface area contributed by atoms with Gasteiger partial charge in [-0.25, -0.2) is 4.79 Å². The number of esters is 1. The van der Waals surface area contributed by atoms with Gasteiger partial charge in [0.1, 0.15) is 6.61 Å². The van der Waals surface area contributed by atoms with Gasteiger partial charge in [0, 0.05) is 0 Å². The number of allylic oxidation sites excluding steroid dienone is 1. The van der Waals surface area contributed by atoms with Crippen LogP contribution in [0.3, 0.4) is 0 Å². The first kappa shape index (κ1) is 13.7. The molecule has 0 aromatic carbocycles. The molecule has 0 saturated carbocycles. The second-order valence-corrected chi connectivity index (χ2v) is 3.54. The van der Waals surface area contributed by atoms with E-state index in [0.29, 0.717) is 31.0 Å². The zero-order valence-corrected chi connectivity index (χ0v) is 9.49. The summed E-state index contributed by atoms with van der Waals surface area (Å²) in [5.74, 6) is -0.115. The molecule has 0 rings (SSSR count). The van der Waals surface area contributed by atoms with Gasteiger partial charge < -0.3 is 9.47 Å². The van der Waals surface area contributed by atoms with E-state index < -0.39 is 5.97 Å². The normalized spacial score (nSPS) is 11.3. The maximum atomic E-state index is 11.5. The first-order valence-electron chi connectivity index (χ1n) is 5.03. The minimum atomic E-state index is -0.410. The molecule has 86 valence electrons. The molecule has 0 aliphatic heterocycles. The molecule has 0 aromatic heterocycles. The molecule has 0 radical (unpaired) electrons. The Morgan fingerprint density at radius 3 is 2.53 bits per heavy atom. The van der Waals surface area contributed by atoms with Crippen molar-refractivity contribution in [3.05, 3.63) is 11.6 Å². The van der Waals surface area contributed by atoms with Crippen LogP contribution in [-0.2, 0) is 19.1 Å². The minimum Gasteiger partial charge on any atom is -0.463 e. The van der Waals surface area contributed by atoms with Crippen molar-refractivity contribution >= 4 is 12.4 Å². The summed E-state index contributed by atoms with van der Waals surface area (Å²) in [4.78, 5) is 21.5. The fourth-order valence-corrected chi connectivity index (χ4v) is 0.906. The molecule has 0 unspecified atom stereocenters. The van der Waals surface area contributed by atoms with Crippen molar-refractivity contribution in [2.45, 2.75) is 27.2 Å². The first-order valence-corrected chi connectivity index (χ1v) is 5.03. The molecule has 4 heteroatoms. The Kier molecular flexibility index (Phi) is 7.32. The van der Waals surface area contributed by atoms with Crippen molar-refractivity contribution in [3.63, 3.8) is 0 Å². The second-order valence-electron chi connectivity index (χ2n) is 3.54. The Bertz CT molecular complexity index is 231. The van der Waals surface area contributed by atoms with Crippen LogP contribution in [0.25, 0.3) is 0 Å². The molecule has 0 N–H and O–H groups in total. The van der Waals surface area contributed by atoms with Gasteiger partial charge in [0.25, 0.3) is 6.47 Å². The number of carbonyl (C=O) groups excluding carboxylic acids is 2. The molecule has 0 heterocycles. The monoisotopic (exact) mass is 214 g/mol. The van der Waals surface area contributed by atoms with Gasteiger partial charge in [0.05, 0.1) is 12.2 Å². The quantitative estimate of drug-likeness (QED) is 0.367. The second kappa shape index (κ2) is 8.03. The van der Waals surface area contributed by atoms with Gasteiger partial charge in [-0.1, -0.05) is 26.8 Å². The van der Waals surface area contributed by atoms with Gasteiger partial charge in [0.2, 0.25) is 0 Å². The van der Waals surface area contributed by atoms with E-state index in [4.69, 9.17) is 4.74 Å². The first-order chi connectivity index (χ1) is 7.11. The molecule has 15 heavy (non-hydrogen) atoms. The van der Waals surface area contributed by atoms with Crippen molar-refractivity contribution in [2.75, 3.05) is 13.2 Å². The molecule has 4 nitrogen and oxygen atoms in total. The maximum absolute atomic E-state index is 11.5. The Balaban J connectivity index is 4.17. The molecule has 0 fully saturated rings. The zero-order valence-electron chi connectivity index (χ0n) is 9.49. The molecule has 0 amide bonds. The highest BCUT2D eigenvalue weighted by molar-refractivity contribution is 5.88. The summed E-state index contributed by atoms with van der Waals surface area (Å²) in [7, 11) is 0. The van der Waals surface area contributed by atoms with E-state index in [1.165, 1.54) is 0 Å². The van der Waals surface area contributed by atoms with E-state index in [9.17, 15) is 9.59 Å². The maximum Gasteiger partial charge on any atom is 0.337 e. The largest absolute Gasteiger partial charge is 0.463 e. The molecule has 0 bridgehead atoms.